The summed E-state index contributed by atoms with van der Waals surface area (Å²) < 4.78 is 15.0. The minimum absolute atomic E-state index is 0.120. The number of carbonyl (C=O) groups is 1. The zero-order valence-corrected chi connectivity index (χ0v) is 14.0. The third-order valence-electron chi connectivity index (χ3n) is 3.31. The van der Waals surface area contributed by atoms with Gasteiger partial charge in [-0.25, -0.2) is 0 Å². The first-order valence-corrected chi connectivity index (χ1v) is 8.68. The number of fused-ring (bicyclic) bond motifs is 1. The van der Waals surface area contributed by atoms with E-state index in [0.29, 0.717) is 27.2 Å². The Kier molecular flexibility index (Phi) is 3.76. The van der Waals surface area contributed by atoms with Crippen molar-refractivity contribution in [1.29, 1.82) is 0 Å². The van der Waals surface area contributed by atoms with Gasteiger partial charge < -0.3 is 9.47 Å². The van der Waals surface area contributed by atoms with Gasteiger partial charge in [-0.15, -0.1) is 5.10 Å². The Morgan fingerprint density at radius 3 is 3.04 bits per heavy atom. The molecule has 0 aliphatic carbocycles. The molecule has 23 heavy (non-hydrogen) atoms. The number of thioether (sulfide) groups is 1. The summed E-state index contributed by atoms with van der Waals surface area (Å²) in [5, 5.41) is 5.70. The lowest BCUT2D eigenvalue weighted by molar-refractivity contribution is -0.122. The van der Waals surface area contributed by atoms with Crippen molar-refractivity contribution in [2.75, 3.05) is 6.79 Å². The molecule has 0 spiro atoms. The molecule has 116 valence electrons. The van der Waals surface area contributed by atoms with Crippen molar-refractivity contribution in [3.63, 3.8) is 0 Å². The van der Waals surface area contributed by atoms with Gasteiger partial charge in [-0.05, 0) is 35.3 Å². The molecule has 1 aromatic heterocycles. The highest BCUT2D eigenvalue weighted by molar-refractivity contribution is 8.26. The maximum absolute atomic E-state index is 12.5. The summed E-state index contributed by atoms with van der Waals surface area (Å²) in [6.45, 7) is 0.623. The van der Waals surface area contributed by atoms with Crippen molar-refractivity contribution in [2.24, 2.45) is 0 Å². The third kappa shape index (κ3) is 2.82. The summed E-state index contributed by atoms with van der Waals surface area (Å²) in [6.07, 6.45) is 1.71. The second-order valence-corrected chi connectivity index (χ2v) is 7.07. The first kappa shape index (κ1) is 14.6. The molecule has 6 nitrogen and oxygen atoms in total. The van der Waals surface area contributed by atoms with Crippen LogP contribution in [0.1, 0.15) is 11.3 Å². The number of ether oxygens (including phenoxy) is 2. The maximum Gasteiger partial charge on any atom is 0.266 e. The normalized spacial score (nSPS) is 18.3. The van der Waals surface area contributed by atoms with Crippen molar-refractivity contribution in [1.82, 2.24) is 14.5 Å². The number of aromatic nitrogens is 2. The van der Waals surface area contributed by atoms with Gasteiger partial charge in [0.1, 0.15) is 4.32 Å². The zero-order chi connectivity index (χ0) is 15.8. The van der Waals surface area contributed by atoms with E-state index in [4.69, 9.17) is 21.7 Å². The molecule has 0 bridgehead atoms. The smallest absolute Gasteiger partial charge is 0.266 e. The van der Waals surface area contributed by atoms with Crippen molar-refractivity contribution in [2.45, 2.75) is 6.54 Å². The number of hydrogen-bond acceptors (Lipinski definition) is 8. The van der Waals surface area contributed by atoms with Gasteiger partial charge in [0.05, 0.1) is 17.1 Å². The number of benzene rings is 1. The molecule has 1 fully saturated rings. The van der Waals surface area contributed by atoms with E-state index in [1.54, 1.807) is 16.4 Å². The van der Waals surface area contributed by atoms with Gasteiger partial charge in [-0.2, -0.15) is 0 Å². The number of nitrogens with zero attached hydrogens (tertiary/aromatic N) is 3. The van der Waals surface area contributed by atoms with E-state index >= 15 is 0 Å². The molecule has 0 saturated carbocycles. The van der Waals surface area contributed by atoms with Crippen LogP contribution in [-0.4, -0.2) is 31.5 Å². The molecule has 0 atom stereocenters. The number of hydrogen-bond donors (Lipinski definition) is 0. The SMILES string of the molecule is O=C1/C(=C/c2csnn2)SC(=S)N1Cc1ccc2c(c1)OCO2. The number of rotatable bonds is 3. The highest BCUT2D eigenvalue weighted by Crippen LogP contribution is 2.36. The van der Waals surface area contributed by atoms with Crippen LogP contribution in [0.3, 0.4) is 0 Å². The Morgan fingerprint density at radius 2 is 2.22 bits per heavy atom. The molecular formula is C14H9N3O3S3. The molecule has 0 N–H and O–H groups in total. The van der Waals surface area contributed by atoms with E-state index in [2.05, 4.69) is 9.59 Å². The summed E-state index contributed by atoms with van der Waals surface area (Å²) in [7, 11) is 0. The van der Waals surface area contributed by atoms with Crippen molar-refractivity contribution < 1.29 is 14.3 Å². The fraction of sp³-hybridized carbons (Fsp3) is 0.143. The second kappa shape index (κ2) is 5.91. The molecule has 0 unspecified atom stereocenters. The highest BCUT2D eigenvalue weighted by Gasteiger charge is 2.32. The van der Waals surface area contributed by atoms with E-state index in [1.807, 2.05) is 18.2 Å². The van der Waals surface area contributed by atoms with Crippen molar-refractivity contribution in [3.8, 4) is 11.5 Å². The van der Waals surface area contributed by atoms with E-state index in [1.165, 1.54) is 23.3 Å². The van der Waals surface area contributed by atoms with Crippen molar-refractivity contribution in [3.05, 3.63) is 39.7 Å². The van der Waals surface area contributed by atoms with Crippen LogP contribution in [0.25, 0.3) is 6.08 Å². The third-order valence-corrected chi connectivity index (χ3v) is 5.21. The highest BCUT2D eigenvalue weighted by atomic mass is 32.2. The molecule has 1 saturated heterocycles. The van der Waals surface area contributed by atoms with Crippen LogP contribution >= 0.6 is 35.5 Å². The Balaban J connectivity index is 1.55. The van der Waals surface area contributed by atoms with Gasteiger partial charge in [0, 0.05) is 5.38 Å². The van der Waals surface area contributed by atoms with Gasteiger partial charge in [0.25, 0.3) is 5.91 Å². The summed E-state index contributed by atoms with van der Waals surface area (Å²) in [4.78, 5) is 14.7. The Hall–Kier alpha value is -1.97. The summed E-state index contributed by atoms with van der Waals surface area (Å²) in [5.74, 6) is 1.29. The van der Waals surface area contributed by atoms with Gasteiger partial charge >= 0.3 is 0 Å². The minimum atomic E-state index is -0.120. The summed E-state index contributed by atoms with van der Waals surface area (Å²) in [5.41, 5.74) is 1.60. The summed E-state index contributed by atoms with van der Waals surface area (Å²) in [6, 6.07) is 5.61. The molecule has 0 radical (unpaired) electrons. The first-order valence-electron chi connectivity index (χ1n) is 6.62. The molecule has 2 aliphatic rings. The van der Waals surface area contributed by atoms with E-state index in [-0.39, 0.29) is 12.7 Å². The summed E-state index contributed by atoms with van der Waals surface area (Å²) >= 11 is 7.84. The lowest BCUT2D eigenvalue weighted by Gasteiger charge is -2.14. The maximum atomic E-state index is 12.5. The van der Waals surface area contributed by atoms with Crippen LogP contribution in [0.4, 0.5) is 0 Å². The van der Waals surface area contributed by atoms with Gasteiger partial charge in [0.2, 0.25) is 6.79 Å². The number of thiocarbonyl (C=S) groups is 1. The van der Waals surface area contributed by atoms with Crippen LogP contribution in [0.5, 0.6) is 11.5 Å². The van der Waals surface area contributed by atoms with Crippen LogP contribution in [0.2, 0.25) is 0 Å². The second-order valence-electron chi connectivity index (χ2n) is 4.79. The predicted octanol–water partition coefficient (Wildman–Crippen LogP) is 2.67. The van der Waals surface area contributed by atoms with Crippen LogP contribution in [-0.2, 0) is 11.3 Å². The quantitative estimate of drug-likeness (QED) is 0.613. The topological polar surface area (TPSA) is 64.6 Å². The Morgan fingerprint density at radius 1 is 1.35 bits per heavy atom. The average molecular weight is 363 g/mol. The number of carbonyl (C=O) groups excluding carboxylic acids is 1. The molecule has 3 heterocycles. The molecule has 2 aliphatic heterocycles. The van der Waals surface area contributed by atoms with Crippen LogP contribution < -0.4 is 9.47 Å². The van der Waals surface area contributed by atoms with E-state index < -0.39 is 0 Å². The molecule has 9 heteroatoms. The molecular weight excluding hydrogens is 354 g/mol. The molecule has 2 aromatic rings. The average Bonchev–Trinajstić information content (AvgIpc) is 3.25. The van der Waals surface area contributed by atoms with E-state index in [9.17, 15) is 4.79 Å². The van der Waals surface area contributed by atoms with Crippen LogP contribution in [0, 0.1) is 0 Å². The first-order chi connectivity index (χ1) is 11.2. The van der Waals surface area contributed by atoms with Gasteiger partial charge in [-0.1, -0.05) is 34.5 Å². The molecule has 4 rings (SSSR count). The largest absolute Gasteiger partial charge is 0.454 e. The van der Waals surface area contributed by atoms with Gasteiger partial charge in [-0.3, -0.25) is 9.69 Å². The standard InChI is InChI=1S/C14H9N3O3S3/c18-13-12(4-9-6-22-16-15-9)23-14(21)17(13)5-8-1-2-10-11(3-8)20-7-19-10/h1-4,6H,5,7H2/b12-4-. The number of amides is 1. The minimum Gasteiger partial charge on any atom is -0.454 e. The monoisotopic (exact) mass is 363 g/mol. The van der Waals surface area contributed by atoms with E-state index in [0.717, 1.165) is 11.3 Å². The Labute approximate surface area is 145 Å². The lowest BCUT2D eigenvalue weighted by Crippen LogP contribution is -2.27. The van der Waals surface area contributed by atoms with Crippen LogP contribution in [0.15, 0.2) is 28.5 Å². The van der Waals surface area contributed by atoms with Gasteiger partial charge in [0.15, 0.2) is 11.5 Å². The zero-order valence-electron chi connectivity index (χ0n) is 11.6. The van der Waals surface area contributed by atoms with Crippen molar-refractivity contribution >= 4 is 51.8 Å². The molecule has 1 aromatic carbocycles. The fourth-order valence-corrected chi connectivity index (χ4v) is 3.88. The predicted molar refractivity (Wildman–Crippen MR) is 91.2 cm³/mol. The fourth-order valence-electron chi connectivity index (χ4n) is 2.23. The lowest BCUT2D eigenvalue weighted by atomic mass is 10.2. The Bertz CT molecular complexity index is 820. The molecule has 1 amide bonds.